The molecular weight excluding hydrogens is 330 g/mol. The number of nitro groups is 1. The van der Waals surface area contributed by atoms with Crippen LogP contribution in [0.2, 0.25) is 5.02 Å². The van der Waals surface area contributed by atoms with E-state index in [0.29, 0.717) is 0 Å². The highest BCUT2D eigenvalue weighted by Crippen LogP contribution is 2.23. The fourth-order valence-corrected chi connectivity index (χ4v) is 1.70. The van der Waals surface area contributed by atoms with Crippen molar-refractivity contribution in [1.82, 2.24) is 10.2 Å². The molecule has 0 aliphatic heterocycles. The summed E-state index contributed by atoms with van der Waals surface area (Å²) in [6, 6.07) is 3.41. The van der Waals surface area contributed by atoms with Crippen LogP contribution in [-0.4, -0.2) is 54.9 Å². The maximum atomic E-state index is 11.9. The number of rotatable bonds is 6. The van der Waals surface area contributed by atoms with E-state index in [1.807, 2.05) is 0 Å². The Morgan fingerprint density at radius 2 is 2.04 bits per heavy atom. The topological polar surface area (TPSA) is 119 Å². The summed E-state index contributed by atoms with van der Waals surface area (Å²) < 4.78 is 4.75. The average Bonchev–Trinajstić information content (AvgIpc) is 2.51. The van der Waals surface area contributed by atoms with E-state index in [1.54, 1.807) is 0 Å². The second kappa shape index (κ2) is 8.08. The third-order valence-corrected chi connectivity index (χ3v) is 3.02. The SMILES string of the molecule is CNC(=O)CN(C)C(=O)COC(=O)c1cc(Cl)ccc1[N+](=O)[O-]. The fraction of sp³-hybridized carbons (Fsp3) is 0.308. The summed E-state index contributed by atoms with van der Waals surface area (Å²) in [5.74, 6) is -2.08. The predicted octanol–water partition coefficient (Wildman–Crippen LogP) is 0.609. The van der Waals surface area contributed by atoms with Gasteiger partial charge in [0.25, 0.3) is 11.6 Å². The monoisotopic (exact) mass is 343 g/mol. The summed E-state index contributed by atoms with van der Waals surface area (Å²) >= 11 is 5.70. The first-order valence-electron chi connectivity index (χ1n) is 6.32. The molecule has 0 aromatic heterocycles. The number of nitrogens with zero attached hydrogens (tertiary/aromatic N) is 2. The van der Waals surface area contributed by atoms with Gasteiger partial charge in [0.2, 0.25) is 5.91 Å². The van der Waals surface area contributed by atoms with Gasteiger partial charge in [0.05, 0.1) is 11.5 Å². The van der Waals surface area contributed by atoms with Crippen LogP contribution in [0.1, 0.15) is 10.4 Å². The van der Waals surface area contributed by atoms with E-state index < -0.39 is 35.0 Å². The van der Waals surface area contributed by atoms with Crippen molar-refractivity contribution in [2.24, 2.45) is 0 Å². The molecule has 0 heterocycles. The van der Waals surface area contributed by atoms with E-state index in [9.17, 15) is 24.5 Å². The van der Waals surface area contributed by atoms with Crippen LogP contribution in [0.25, 0.3) is 0 Å². The largest absolute Gasteiger partial charge is 0.452 e. The minimum atomic E-state index is -1.05. The summed E-state index contributed by atoms with van der Waals surface area (Å²) in [6.45, 7) is -0.861. The molecule has 1 aromatic carbocycles. The first-order chi connectivity index (χ1) is 10.8. The maximum Gasteiger partial charge on any atom is 0.345 e. The normalized spacial score (nSPS) is 9.87. The third kappa shape index (κ3) is 5.22. The molecule has 1 N–H and O–H groups in total. The lowest BCUT2D eigenvalue weighted by atomic mass is 10.2. The van der Waals surface area contributed by atoms with Crippen LogP contribution in [0.4, 0.5) is 5.69 Å². The van der Waals surface area contributed by atoms with Crippen molar-refractivity contribution in [1.29, 1.82) is 0 Å². The van der Waals surface area contributed by atoms with Crippen LogP contribution in [0.3, 0.4) is 0 Å². The highest BCUT2D eigenvalue weighted by molar-refractivity contribution is 6.31. The summed E-state index contributed by atoms with van der Waals surface area (Å²) in [5.41, 5.74) is -0.838. The fourth-order valence-electron chi connectivity index (χ4n) is 1.53. The molecule has 2 amide bonds. The van der Waals surface area contributed by atoms with Crippen LogP contribution in [0.5, 0.6) is 0 Å². The van der Waals surface area contributed by atoms with Crippen LogP contribution in [0.15, 0.2) is 18.2 Å². The van der Waals surface area contributed by atoms with E-state index in [0.717, 1.165) is 17.0 Å². The second-order valence-corrected chi connectivity index (χ2v) is 4.85. The van der Waals surface area contributed by atoms with Gasteiger partial charge < -0.3 is 15.0 Å². The zero-order valence-corrected chi connectivity index (χ0v) is 13.1. The highest BCUT2D eigenvalue weighted by atomic mass is 35.5. The molecule has 0 aliphatic rings. The van der Waals surface area contributed by atoms with E-state index in [4.69, 9.17) is 16.3 Å². The van der Waals surface area contributed by atoms with Crippen molar-refractivity contribution < 1.29 is 24.0 Å². The van der Waals surface area contributed by atoms with Crippen LogP contribution in [0, 0.1) is 10.1 Å². The smallest absolute Gasteiger partial charge is 0.345 e. The molecule has 0 saturated carbocycles. The van der Waals surface area contributed by atoms with Gasteiger partial charge in [-0.15, -0.1) is 0 Å². The number of benzene rings is 1. The van der Waals surface area contributed by atoms with Crippen molar-refractivity contribution in [2.45, 2.75) is 0 Å². The summed E-state index contributed by atoms with van der Waals surface area (Å²) in [6.07, 6.45) is 0. The number of amides is 2. The number of ether oxygens (including phenoxy) is 1. The van der Waals surface area contributed by atoms with Gasteiger partial charge in [-0.25, -0.2) is 4.79 Å². The molecule has 23 heavy (non-hydrogen) atoms. The van der Waals surface area contributed by atoms with Crippen LogP contribution in [-0.2, 0) is 14.3 Å². The molecule has 0 aliphatic carbocycles. The summed E-state index contributed by atoms with van der Waals surface area (Å²) in [7, 11) is 2.77. The molecule has 0 bridgehead atoms. The highest BCUT2D eigenvalue weighted by Gasteiger charge is 2.23. The van der Waals surface area contributed by atoms with Gasteiger partial charge >= 0.3 is 5.97 Å². The molecule has 0 saturated heterocycles. The Kier molecular flexibility index (Phi) is 6.46. The minimum Gasteiger partial charge on any atom is -0.452 e. The van der Waals surface area contributed by atoms with Crippen molar-refractivity contribution in [3.63, 3.8) is 0 Å². The number of hydrogen-bond acceptors (Lipinski definition) is 6. The number of carbonyl (C=O) groups is 3. The quantitative estimate of drug-likeness (QED) is 0.459. The number of nitro benzene ring substituents is 1. The molecule has 1 aromatic rings. The molecule has 1 rings (SSSR count). The van der Waals surface area contributed by atoms with Crippen LogP contribution >= 0.6 is 11.6 Å². The average molecular weight is 344 g/mol. The summed E-state index contributed by atoms with van der Waals surface area (Å²) in [5, 5.41) is 13.3. The molecule has 124 valence electrons. The lowest BCUT2D eigenvalue weighted by Gasteiger charge is -2.15. The van der Waals surface area contributed by atoms with Gasteiger partial charge in [0, 0.05) is 25.2 Å². The Bertz CT molecular complexity index is 649. The number of halogens is 1. The standard InChI is InChI=1S/C13H14ClN3O6/c1-15-11(18)6-16(2)12(19)7-23-13(20)9-5-8(14)3-4-10(9)17(21)22/h3-5H,6-7H2,1-2H3,(H,15,18). The van der Waals surface area contributed by atoms with E-state index in [-0.39, 0.29) is 17.1 Å². The Morgan fingerprint density at radius 1 is 1.39 bits per heavy atom. The van der Waals surface area contributed by atoms with E-state index >= 15 is 0 Å². The van der Waals surface area contributed by atoms with Crippen LogP contribution < -0.4 is 5.32 Å². The van der Waals surface area contributed by atoms with Gasteiger partial charge in [0.1, 0.15) is 5.56 Å². The lowest BCUT2D eigenvalue weighted by molar-refractivity contribution is -0.385. The molecule has 0 fully saturated rings. The van der Waals surface area contributed by atoms with Crippen molar-refractivity contribution in [2.75, 3.05) is 27.2 Å². The number of carbonyl (C=O) groups excluding carboxylic acids is 3. The maximum absolute atomic E-state index is 11.9. The number of nitrogens with one attached hydrogen (secondary N) is 1. The van der Waals surface area contributed by atoms with E-state index in [1.165, 1.54) is 20.2 Å². The first kappa shape index (κ1) is 18.4. The number of esters is 1. The second-order valence-electron chi connectivity index (χ2n) is 4.42. The van der Waals surface area contributed by atoms with Gasteiger partial charge in [-0.1, -0.05) is 11.6 Å². The predicted molar refractivity (Wildman–Crippen MR) is 80.1 cm³/mol. The third-order valence-electron chi connectivity index (χ3n) is 2.79. The Morgan fingerprint density at radius 3 is 2.61 bits per heavy atom. The molecule has 9 nitrogen and oxygen atoms in total. The van der Waals surface area contributed by atoms with E-state index in [2.05, 4.69) is 5.32 Å². The molecule has 0 spiro atoms. The Hall–Kier alpha value is -2.68. The van der Waals surface area contributed by atoms with Gasteiger partial charge in [0.15, 0.2) is 6.61 Å². The molecule has 0 radical (unpaired) electrons. The van der Waals surface area contributed by atoms with Gasteiger partial charge in [-0.3, -0.25) is 19.7 Å². The molecular formula is C13H14ClN3O6. The zero-order valence-electron chi connectivity index (χ0n) is 12.4. The molecule has 0 atom stereocenters. The first-order valence-corrected chi connectivity index (χ1v) is 6.69. The Labute approximate surface area is 136 Å². The lowest BCUT2D eigenvalue weighted by Crippen LogP contribution is -2.39. The number of likely N-dealkylation sites (N-methyl/N-ethyl adjacent to an activating group) is 2. The van der Waals surface area contributed by atoms with Crippen molar-refractivity contribution in [3.05, 3.63) is 38.9 Å². The molecule has 0 unspecified atom stereocenters. The zero-order chi connectivity index (χ0) is 17.6. The van der Waals surface area contributed by atoms with Crippen molar-refractivity contribution >= 4 is 35.1 Å². The Balaban J connectivity index is 2.74. The number of hydrogen-bond donors (Lipinski definition) is 1. The van der Waals surface area contributed by atoms with Gasteiger partial charge in [-0.05, 0) is 12.1 Å². The van der Waals surface area contributed by atoms with Crippen molar-refractivity contribution in [3.8, 4) is 0 Å². The van der Waals surface area contributed by atoms with Gasteiger partial charge in [-0.2, -0.15) is 0 Å². The summed E-state index contributed by atoms with van der Waals surface area (Å²) in [4.78, 5) is 45.9. The minimum absolute atomic E-state index is 0.116. The molecule has 10 heteroatoms.